The number of nitriles is 1. The van der Waals surface area contributed by atoms with E-state index in [9.17, 15) is 5.26 Å². The molecule has 3 aromatic rings. The van der Waals surface area contributed by atoms with E-state index in [1.165, 1.54) is 17.8 Å². The lowest BCUT2D eigenvalue weighted by Crippen LogP contribution is -2.27. The molecule has 1 fully saturated rings. The molecule has 0 atom stereocenters. The van der Waals surface area contributed by atoms with Gasteiger partial charge >= 0.3 is 0 Å². The Balaban J connectivity index is 1.91. The Bertz CT molecular complexity index is 1090. The lowest BCUT2D eigenvalue weighted by Gasteiger charge is -2.27. The number of nitrogens with zero attached hydrogens (tertiary/aromatic N) is 3. The number of hydrogen-bond acceptors (Lipinski definition) is 8. The fourth-order valence-electron chi connectivity index (χ4n) is 3.44. The Morgan fingerprint density at radius 3 is 2.31 bits per heavy atom. The number of anilines is 1. The van der Waals surface area contributed by atoms with Crippen LogP contribution in [0.2, 0.25) is 0 Å². The van der Waals surface area contributed by atoms with Crippen molar-refractivity contribution in [3.8, 4) is 34.7 Å². The van der Waals surface area contributed by atoms with Gasteiger partial charge in [0.15, 0.2) is 17.3 Å². The highest BCUT2D eigenvalue weighted by molar-refractivity contribution is 7.19. The van der Waals surface area contributed by atoms with Gasteiger partial charge in [0.2, 0.25) is 5.75 Å². The fourth-order valence-corrected chi connectivity index (χ4v) is 4.41. The maximum absolute atomic E-state index is 9.48. The monoisotopic (exact) mass is 410 g/mol. The molecule has 2 aromatic heterocycles. The van der Waals surface area contributed by atoms with Crippen LogP contribution in [0, 0.1) is 18.3 Å². The van der Waals surface area contributed by atoms with Crippen molar-refractivity contribution in [3.05, 3.63) is 22.6 Å². The second-order valence-electron chi connectivity index (χ2n) is 6.93. The number of aromatic nitrogens is 2. The fraction of sp³-hybridized carbons (Fsp3) is 0.381. The number of fused-ring (bicyclic) bond motifs is 1. The van der Waals surface area contributed by atoms with E-state index >= 15 is 0 Å². The van der Waals surface area contributed by atoms with Crippen LogP contribution >= 0.6 is 11.3 Å². The van der Waals surface area contributed by atoms with Crippen LogP contribution in [0.5, 0.6) is 17.2 Å². The van der Waals surface area contributed by atoms with Gasteiger partial charge < -0.3 is 19.5 Å². The lowest BCUT2D eigenvalue weighted by molar-refractivity contribution is 0.324. The highest BCUT2D eigenvalue weighted by Crippen LogP contribution is 2.42. The number of nitrogens with one attached hydrogen (secondary N) is 1. The van der Waals surface area contributed by atoms with Crippen LogP contribution in [0.25, 0.3) is 21.6 Å². The Labute approximate surface area is 173 Å². The summed E-state index contributed by atoms with van der Waals surface area (Å²) in [5, 5.41) is 13.9. The zero-order valence-corrected chi connectivity index (χ0v) is 17.6. The minimum Gasteiger partial charge on any atom is -0.493 e. The Morgan fingerprint density at radius 2 is 1.79 bits per heavy atom. The van der Waals surface area contributed by atoms with E-state index in [0.29, 0.717) is 34.0 Å². The van der Waals surface area contributed by atoms with Crippen molar-refractivity contribution in [3.63, 3.8) is 0 Å². The SMILES string of the molecule is COc1cc(-c2nc(NC3CCC3)c3c(C)c(C#N)sc3n2)cc(OC)c1OC. The van der Waals surface area contributed by atoms with E-state index in [1.807, 2.05) is 19.1 Å². The maximum atomic E-state index is 9.48. The van der Waals surface area contributed by atoms with E-state index in [1.54, 1.807) is 21.3 Å². The zero-order valence-electron chi connectivity index (χ0n) is 16.8. The summed E-state index contributed by atoms with van der Waals surface area (Å²) in [5.74, 6) is 2.92. The molecule has 150 valence electrons. The molecule has 0 amide bonds. The van der Waals surface area contributed by atoms with Gasteiger partial charge in [0.1, 0.15) is 21.6 Å². The largest absolute Gasteiger partial charge is 0.493 e. The first kappa shape index (κ1) is 19.3. The van der Waals surface area contributed by atoms with Gasteiger partial charge in [-0.3, -0.25) is 0 Å². The molecule has 0 aliphatic heterocycles. The van der Waals surface area contributed by atoms with Gasteiger partial charge in [-0.15, -0.1) is 11.3 Å². The second kappa shape index (κ2) is 7.76. The van der Waals surface area contributed by atoms with Crippen LogP contribution in [0.15, 0.2) is 12.1 Å². The number of rotatable bonds is 6. The first-order valence-electron chi connectivity index (χ1n) is 9.37. The molecule has 29 heavy (non-hydrogen) atoms. The first-order valence-corrected chi connectivity index (χ1v) is 10.2. The summed E-state index contributed by atoms with van der Waals surface area (Å²) in [7, 11) is 4.73. The number of ether oxygens (including phenoxy) is 3. The van der Waals surface area contributed by atoms with Crippen molar-refractivity contribution < 1.29 is 14.2 Å². The molecule has 1 aliphatic carbocycles. The number of hydrogen-bond donors (Lipinski definition) is 1. The summed E-state index contributed by atoms with van der Waals surface area (Å²) in [6.07, 6.45) is 3.47. The third-order valence-corrected chi connectivity index (χ3v) is 6.35. The standard InChI is InChI=1S/C21H22N4O3S/c1-11-16(10-22)29-21-17(11)20(23-13-6-5-7-13)24-19(25-21)12-8-14(26-2)18(28-4)15(9-12)27-3/h8-9,13H,5-7H2,1-4H3,(H,23,24,25). The van der Waals surface area contributed by atoms with Crippen molar-refractivity contribution in [2.24, 2.45) is 0 Å². The molecule has 0 radical (unpaired) electrons. The molecule has 1 N–H and O–H groups in total. The third kappa shape index (κ3) is 3.32. The van der Waals surface area contributed by atoms with E-state index in [4.69, 9.17) is 24.2 Å². The quantitative estimate of drug-likeness (QED) is 0.638. The summed E-state index contributed by atoms with van der Waals surface area (Å²) < 4.78 is 16.4. The minimum atomic E-state index is 0.408. The minimum absolute atomic E-state index is 0.408. The third-order valence-electron chi connectivity index (χ3n) is 5.26. The average Bonchev–Trinajstić information content (AvgIpc) is 3.05. The van der Waals surface area contributed by atoms with Gasteiger partial charge in [-0.25, -0.2) is 9.97 Å². The van der Waals surface area contributed by atoms with Crippen molar-refractivity contribution in [1.82, 2.24) is 9.97 Å². The average molecular weight is 410 g/mol. The molecular weight excluding hydrogens is 388 g/mol. The highest BCUT2D eigenvalue weighted by atomic mass is 32.1. The summed E-state index contributed by atoms with van der Waals surface area (Å²) >= 11 is 1.39. The molecule has 8 heteroatoms. The van der Waals surface area contributed by atoms with Crippen LogP contribution in [-0.2, 0) is 0 Å². The topological polar surface area (TPSA) is 89.3 Å². The normalized spacial score (nSPS) is 13.6. The smallest absolute Gasteiger partial charge is 0.203 e. The molecule has 1 saturated carbocycles. The van der Waals surface area contributed by atoms with E-state index in [-0.39, 0.29) is 0 Å². The molecule has 2 heterocycles. The van der Waals surface area contributed by atoms with Crippen molar-refractivity contribution in [2.45, 2.75) is 32.2 Å². The molecule has 1 aliphatic rings. The predicted octanol–water partition coefficient (Wildman–Crippen LogP) is 4.53. The van der Waals surface area contributed by atoms with Crippen molar-refractivity contribution in [1.29, 1.82) is 5.26 Å². The lowest BCUT2D eigenvalue weighted by atomic mass is 9.93. The van der Waals surface area contributed by atoms with Crippen LogP contribution in [-0.4, -0.2) is 37.3 Å². The first-order chi connectivity index (χ1) is 14.1. The summed E-state index contributed by atoms with van der Waals surface area (Å²) in [5.41, 5.74) is 1.67. The van der Waals surface area contributed by atoms with Crippen LogP contribution < -0.4 is 19.5 Å². The molecule has 0 bridgehead atoms. The number of aryl methyl sites for hydroxylation is 1. The molecule has 0 unspecified atom stereocenters. The van der Waals surface area contributed by atoms with Gasteiger partial charge in [-0.05, 0) is 43.9 Å². The molecule has 4 rings (SSSR count). The summed E-state index contributed by atoms with van der Waals surface area (Å²) in [4.78, 5) is 11.0. The van der Waals surface area contributed by atoms with Crippen molar-refractivity contribution in [2.75, 3.05) is 26.6 Å². The van der Waals surface area contributed by atoms with Gasteiger partial charge in [0, 0.05) is 11.6 Å². The van der Waals surface area contributed by atoms with Crippen LogP contribution in [0.1, 0.15) is 29.7 Å². The molecular formula is C21H22N4O3S. The molecule has 7 nitrogen and oxygen atoms in total. The van der Waals surface area contributed by atoms with Gasteiger partial charge in [0.25, 0.3) is 0 Å². The predicted molar refractivity (Wildman–Crippen MR) is 113 cm³/mol. The number of thiophene rings is 1. The van der Waals surface area contributed by atoms with Crippen molar-refractivity contribution >= 4 is 27.4 Å². The van der Waals surface area contributed by atoms with Gasteiger partial charge in [-0.1, -0.05) is 0 Å². The van der Waals surface area contributed by atoms with E-state index < -0.39 is 0 Å². The Hall–Kier alpha value is -3.05. The molecule has 1 aromatic carbocycles. The van der Waals surface area contributed by atoms with E-state index in [2.05, 4.69) is 11.4 Å². The number of methoxy groups -OCH3 is 3. The molecule has 0 saturated heterocycles. The Kier molecular flexibility index (Phi) is 5.16. The molecule has 0 spiro atoms. The van der Waals surface area contributed by atoms with Gasteiger partial charge in [-0.2, -0.15) is 5.26 Å². The second-order valence-corrected chi connectivity index (χ2v) is 7.93. The summed E-state index contributed by atoms with van der Waals surface area (Å²) in [6, 6.07) is 6.35. The van der Waals surface area contributed by atoms with Gasteiger partial charge in [0.05, 0.1) is 26.7 Å². The summed E-state index contributed by atoms with van der Waals surface area (Å²) in [6.45, 7) is 1.95. The highest BCUT2D eigenvalue weighted by Gasteiger charge is 2.23. The maximum Gasteiger partial charge on any atom is 0.203 e. The Morgan fingerprint density at radius 1 is 1.10 bits per heavy atom. The van der Waals surface area contributed by atoms with Crippen LogP contribution in [0.3, 0.4) is 0 Å². The number of benzene rings is 1. The zero-order chi connectivity index (χ0) is 20.5. The van der Waals surface area contributed by atoms with E-state index in [0.717, 1.165) is 40.0 Å². The van der Waals surface area contributed by atoms with Crippen LogP contribution in [0.4, 0.5) is 5.82 Å².